The van der Waals surface area contributed by atoms with Crippen molar-refractivity contribution in [3.8, 4) is 23.0 Å². The van der Waals surface area contributed by atoms with Crippen LogP contribution in [0.5, 0.6) is 23.0 Å². The van der Waals surface area contributed by atoms with E-state index in [2.05, 4.69) is 0 Å². The summed E-state index contributed by atoms with van der Waals surface area (Å²) in [6, 6.07) is 32.8. The van der Waals surface area contributed by atoms with Gasteiger partial charge in [0.15, 0.2) is 0 Å². The first-order valence-electron chi connectivity index (χ1n) is 9.92. The summed E-state index contributed by atoms with van der Waals surface area (Å²) in [5.74, 6) is 0.895. The fraction of sp³-hybridized carbons (Fsp3) is 0. The van der Waals surface area contributed by atoms with Gasteiger partial charge in [0.05, 0.1) is 0 Å². The minimum absolute atomic E-state index is 0. The maximum atomic E-state index is 11.6. The Morgan fingerprint density at radius 1 is 0.400 bits per heavy atom. The van der Waals surface area contributed by atoms with E-state index >= 15 is 0 Å². The van der Waals surface area contributed by atoms with Gasteiger partial charge in [0.2, 0.25) is 0 Å². The molecular weight excluding hydrogens is 544 g/mol. The van der Waals surface area contributed by atoms with Gasteiger partial charge in [-0.25, -0.2) is 9.13 Å². The summed E-state index contributed by atoms with van der Waals surface area (Å²) in [5, 5.41) is 0. The predicted octanol–water partition coefficient (Wildman–Crippen LogP) is 5.22. The van der Waals surface area contributed by atoms with Crippen molar-refractivity contribution in [3.63, 3.8) is 0 Å². The van der Waals surface area contributed by atoms with Crippen molar-refractivity contribution < 1.29 is 56.5 Å². The molecule has 0 bridgehead atoms. The minimum Gasteiger partial charge on any atom is -0.736 e. The number of benzene rings is 4. The van der Waals surface area contributed by atoms with E-state index in [0.29, 0.717) is 0 Å². The van der Waals surface area contributed by atoms with Gasteiger partial charge in [-0.05, 0) is 48.5 Å². The fourth-order valence-corrected chi connectivity index (χ4v) is 4.07. The van der Waals surface area contributed by atoms with Gasteiger partial charge in [-0.2, -0.15) is 0 Å². The molecular formula is C24H20O8P2Zn. The third-order valence-electron chi connectivity index (χ3n) is 3.84. The van der Waals surface area contributed by atoms with Crippen LogP contribution in [-0.2, 0) is 28.6 Å². The molecule has 4 aromatic carbocycles. The molecule has 0 saturated heterocycles. The second-order valence-corrected chi connectivity index (χ2v) is 9.03. The van der Waals surface area contributed by atoms with Crippen LogP contribution < -0.4 is 27.9 Å². The van der Waals surface area contributed by atoms with Crippen LogP contribution in [0.3, 0.4) is 0 Å². The molecule has 11 heteroatoms. The molecule has 0 N–H and O–H groups in total. The van der Waals surface area contributed by atoms with E-state index in [-0.39, 0.29) is 42.5 Å². The first kappa shape index (κ1) is 28.3. The molecule has 0 atom stereocenters. The standard InChI is InChI=1S/2C12H11O4P.Zn/c2*13-17(14,15-11-7-3-1-4-8-11)16-12-9-5-2-6-10-12;/h2*1-10H,(H,13,14);/q;;+2/p-2. The number of phosphoric ester groups is 2. The van der Waals surface area contributed by atoms with Gasteiger partial charge in [0, 0.05) is 0 Å². The molecule has 0 saturated carbocycles. The monoisotopic (exact) mass is 562 g/mol. The molecule has 4 aromatic rings. The zero-order chi connectivity index (χ0) is 24.3. The molecule has 0 fully saturated rings. The molecule has 0 radical (unpaired) electrons. The molecule has 0 amide bonds. The molecule has 8 nitrogen and oxygen atoms in total. The van der Waals surface area contributed by atoms with Gasteiger partial charge in [0.25, 0.3) is 0 Å². The maximum Gasteiger partial charge on any atom is 2.00 e. The van der Waals surface area contributed by atoms with Crippen molar-refractivity contribution in [1.29, 1.82) is 0 Å². The van der Waals surface area contributed by atoms with Crippen LogP contribution >= 0.6 is 15.6 Å². The average molecular weight is 564 g/mol. The Morgan fingerprint density at radius 2 is 0.571 bits per heavy atom. The van der Waals surface area contributed by atoms with Crippen LogP contribution in [0, 0.1) is 0 Å². The molecule has 0 spiro atoms. The Balaban J connectivity index is 0.000000240. The molecule has 0 aromatic heterocycles. The first-order valence-corrected chi connectivity index (χ1v) is 12.8. The van der Waals surface area contributed by atoms with Gasteiger partial charge in [-0.1, -0.05) is 72.8 Å². The summed E-state index contributed by atoms with van der Waals surface area (Å²) in [6.07, 6.45) is 0. The Bertz CT molecular complexity index is 1040. The van der Waals surface area contributed by atoms with Gasteiger partial charge < -0.3 is 27.9 Å². The summed E-state index contributed by atoms with van der Waals surface area (Å²) in [4.78, 5) is 23.1. The van der Waals surface area contributed by atoms with Crippen LogP contribution in [0.1, 0.15) is 0 Å². The Labute approximate surface area is 216 Å². The summed E-state index contributed by atoms with van der Waals surface area (Å²) < 4.78 is 42.2. The van der Waals surface area contributed by atoms with Gasteiger partial charge in [-0.15, -0.1) is 0 Å². The zero-order valence-corrected chi connectivity index (χ0v) is 23.2. The largest absolute Gasteiger partial charge is 2.00 e. The molecule has 35 heavy (non-hydrogen) atoms. The maximum absolute atomic E-state index is 11.6. The van der Waals surface area contributed by atoms with Gasteiger partial charge in [-0.3, -0.25) is 0 Å². The van der Waals surface area contributed by atoms with Crippen molar-refractivity contribution in [1.82, 2.24) is 0 Å². The van der Waals surface area contributed by atoms with Crippen LogP contribution in [0.25, 0.3) is 0 Å². The third-order valence-corrected chi connectivity index (χ3v) is 5.58. The van der Waals surface area contributed by atoms with E-state index in [4.69, 9.17) is 18.1 Å². The van der Waals surface area contributed by atoms with Crippen LogP contribution in [0.4, 0.5) is 0 Å². The second kappa shape index (κ2) is 13.8. The van der Waals surface area contributed by atoms with E-state index < -0.39 is 15.6 Å². The zero-order valence-electron chi connectivity index (χ0n) is 18.4. The van der Waals surface area contributed by atoms with Crippen molar-refractivity contribution >= 4 is 15.6 Å². The number of para-hydroxylation sites is 4. The number of hydrogen-bond donors (Lipinski definition) is 0. The number of hydrogen-bond acceptors (Lipinski definition) is 8. The molecule has 0 unspecified atom stereocenters. The van der Waals surface area contributed by atoms with Crippen LogP contribution in [0.2, 0.25) is 0 Å². The quantitative estimate of drug-likeness (QED) is 0.211. The van der Waals surface area contributed by atoms with Gasteiger partial charge in [0.1, 0.15) is 23.0 Å². The second-order valence-electron chi connectivity index (χ2n) is 6.51. The van der Waals surface area contributed by atoms with Crippen LogP contribution in [0.15, 0.2) is 121 Å². The molecule has 0 aliphatic heterocycles. The van der Waals surface area contributed by atoms with E-state index in [1.54, 1.807) is 121 Å². The van der Waals surface area contributed by atoms with E-state index in [0.717, 1.165) is 0 Å². The molecule has 0 heterocycles. The first-order chi connectivity index (χ1) is 16.3. The molecule has 0 aliphatic carbocycles. The average Bonchev–Trinajstić information content (AvgIpc) is 2.81. The molecule has 0 aliphatic rings. The van der Waals surface area contributed by atoms with Crippen molar-refractivity contribution in [2.45, 2.75) is 0 Å². The Kier molecular flexibility index (Phi) is 11.2. The minimum atomic E-state index is -4.39. The fourth-order valence-electron chi connectivity index (χ4n) is 2.48. The van der Waals surface area contributed by atoms with Gasteiger partial charge >= 0.3 is 35.1 Å². The number of phosphoric acid groups is 2. The van der Waals surface area contributed by atoms with Crippen molar-refractivity contribution in [3.05, 3.63) is 121 Å². The topological polar surface area (TPSA) is 117 Å². The smallest absolute Gasteiger partial charge is 0.736 e. The molecule has 4 rings (SSSR count). The Hall–Kier alpha value is -2.92. The summed E-state index contributed by atoms with van der Waals surface area (Å²) in [6.45, 7) is 0. The molecule has 176 valence electrons. The van der Waals surface area contributed by atoms with E-state index in [9.17, 15) is 18.9 Å². The van der Waals surface area contributed by atoms with E-state index in [1.807, 2.05) is 0 Å². The van der Waals surface area contributed by atoms with Crippen LogP contribution in [-0.4, -0.2) is 0 Å². The summed E-state index contributed by atoms with van der Waals surface area (Å²) in [7, 11) is -8.77. The SMILES string of the molecule is O=P([O-])(Oc1ccccc1)Oc1ccccc1.O=P([O-])(Oc1ccccc1)Oc1ccccc1.[Zn+2]. The summed E-state index contributed by atoms with van der Waals surface area (Å²) in [5.41, 5.74) is 0. The van der Waals surface area contributed by atoms with Crippen molar-refractivity contribution in [2.24, 2.45) is 0 Å². The summed E-state index contributed by atoms with van der Waals surface area (Å²) >= 11 is 0. The predicted molar refractivity (Wildman–Crippen MR) is 123 cm³/mol. The Morgan fingerprint density at radius 3 is 0.743 bits per heavy atom. The third kappa shape index (κ3) is 10.9. The normalized spacial score (nSPS) is 10.6. The van der Waals surface area contributed by atoms with E-state index in [1.165, 1.54) is 0 Å². The van der Waals surface area contributed by atoms with Crippen molar-refractivity contribution in [2.75, 3.05) is 0 Å². The number of rotatable bonds is 8.